The number of hydrogen-bond donors (Lipinski definition) is 1. The maximum atomic E-state index is 12.8. The summed E-state index contributed by atoms with van der Waals surface area (Å²) in [5, 5.41) is 0. The minimum Gasteiger partial charge on any atom is -0.462 e. The van der Waals surface area contributed by atoms with E-state index in [1.54, 1.807) is 0 Å². The Morgan fingerprint density at radius 3 is 1.00 bits per heavy atom. The van der Waals surface area contributed by atoms with Gasteiger partial charge in [-0.05, 0) is 12.8 Å². The van der Waals surface area contributed by atoms with Crippen LogP contribution in [-0.4, -0.2) is 74.9 Å². The number of carbonyl (C=O) groups excluding carboxylic acids is 2. The van der Waals surface area contributed by atoms with Crippen LogP contribution in [0.25, 0.3) is 0 Å². The van der Waals surface area contributed by atoms with Gasteiger partial charge in [-0.1, -0.05) is 258 Å². The van der Waals surface area contributed by atoms with Crippen LogP contribution in [0.3, 0.4) is 0 Å². The van der Waals surface area contributed by atoms with Gasteiger partial charge in [-0.15, -0.1) is 0 Å². The van der Waals surface area contributed by atoms with Gasteiger partial charge in [-0.25, -0.2) is 4.57 Å². The molecule has 1 N–H and O–H groups in total. The van der Waals surface area contributed by atoms with Gasteiger partial charge in [0.15, 0.2) is 6.10 Å². The number of phosphoric ester groups is 1. The number of hydrogen-bond acceptors (Lipinski definition) is 7. The Balaban J connectivity index is 4.12. The zero-order valence-corrected chi connectivity index (χ0v) is 44.2. The van der Waals surface area contributed by atoms with Crippen LogP contribution in [0.5, 0.6) is 0 Å². The third kappa shape index (κ3) is 50.4. The van der Waals surface area contributed by atoms with Crippen molar-refractivity contribution in [2.24, 2.45) is 0 Å². The van der Waals surface area contributed by atoms with Crippen molar-refractivity contribution in [2.45, 2.75) is 290 Å². The van der Waals surface area contributed by atoms with Crippen LogP contribution >= 0.6 is 7.82 Å². The smallest absolute Gasteiger partial charge is 0.462 e. The van der Waals surface area contributed by atoms with Crippen molar-refractivity contribution in [1.29, 1.82) is 0 Å². The normalized spacial score (nSPS) is 13.3. The number of carbonyl (C=O) groups is 2. The highest BCUT2D eigenvalue weighted by Crippen LogP contribution is 2.43. The molecule has 0 aromatic rings. The van der Waals surface area contributed by atoms with Crippen LogP contribution in [0, 0.1) is 0 Å². The van der Waals surface area contributed by atoms with Crippen molar-refractivity contribution in [3.63, 3.8) is 0 Å². The molecule has 0 saturated heterocycles. The number of unbranched alkanes of at least 4 members (excludes halogenated alkanes) is 38. The molecule has 0 rings (SSSR count). The largest absolute Gasteiger partial charge is 0.472 e. The lowest BCUT2D eigenvalue weighted by atomic mass is 10.0. The summed E-state index contributed by atoms with van der Waals surface area (Å²) in [5.74, 6) is -0.775. The maximum absolute atomic E-state index is 12.8. The summed E-state index contributed by atoms with van der Waals surface area (Å²) in [4.78, 5) is 35.6. The number of ether oxygens (including phenoxy) is 2. The summed E-state index contributed by atoms with van der Waals surface area (Å²) >= 11 is 0. The van der Waals surface area contributed by atoms with Gasteiger partial charge in [-0.2, -0.15) is 0 Å². The molecule has 2 atom stereocenters. The van der Waals surface area contributed by atoms with E-state index in [9.17, 15) is 19.0 Å². The number of nitrogens with zero attached hydrogens (tertiary/aromatic N) is 1. The van der Waals surface area contributed by atoms with E-state index >= 15 is 0 Å². The van der Waals surface area contributed by atoms with Crippen LogP contribution in [0.2, 0.25) is 0 Å². The number of likely N-dealkylation sites (N-methyl/N-ethyl adjacent to an activating group) is 1. The fraction of sp³-hybridized carbons (Fsp3) is 0.963. The highest BCUT2D eigenvalue weighted by Gasteiger charge is 2.27. The fourth-order valence-corrected chi connectivity index (χ4v) is 9.05. The van der Waals surface area contributed by atoms with Gasteiger partial charge < -0.3 is 18.9 Å². The first-order chi connectivity index (χ1) is 31.0. The molecule has 0 amide bonds. The van der Waals surface area contributed by atoms with Gasteiger partial charge in [0.25, 0.3) is 0 Å². The van der Waals surface area contributed by atoms with Crippen molar-refractivity contribution in [3.8, 4) is 0 Å². The average Bonchev–Trinajstić information content (AvgIpc) is 3.25. The first-order valence-electron chi connectivity index (χ1n) is 27.8. The molecule has 0 aliphatic rings. The van der Waals surface area contributed by atoms with Crippen LogP contribution in [0.1, 0.15) is 284 Å². The Kier molecular flexibility index (Phi) is 46.4. The third-order valence-corrected chi connectivity index (χ3v) is 13.6. The zero-order valence-electron chi connectivity index (χ0n) is 43.3. The maximum Gasteiger partial charge on any atom is 0.472 e. The summed E-state index contributed by atoms with van der Waals surface area (Å²) in [7, 11) is 1.50. The van der Waals surface area contributed by atoms with E-state index in [2.05, 4.69) is 13.8 Å². The summed E-state index contributed by atoms with van der Waals surface area (Å²) in [6.45, 7) is 4.50. The Morgan fingerprint density at radius 2 is 0.703 bits per heavy atom. The first-order valence-corrected chi connectivity index (χ1v) is 29.3. The summed E-state index contributed by atoms with van der Waals surface area (Å²) in [5.41, 5.74) is 0. The molecule has 10 heteroatoms. The van der Waals surface area contributed by atoms with Crippen LogP contribution < -0.4 is 0 Å². The molecule has 0 aliphatic carbocycles. The second-order valence-corrected chi connectivity index (χ2v) is 21.8. The molecule has 9 nitrogen and oxygen atoms in total. The second kappa shape index (κ2) is 47.1. The molecule has 0 heterocycles. The highest BCUT2D eigenvalue weighted by molar-refractivity contribution is 7.47. The fourth-order valence-electron chi connectivity index (χ4n) is 8.31. The molecule has 0 aromatic heterocycles. The van der Waals surface area contributed by atoms with Crippen LogP contribution in [0.15, 0.2) is 0 Å². The number of phosphoric acid groups is 1. The summed E-state index contributed by atoms with van der Waals surface area (Å²) in [6.07, 6.45) is 51.6. The van der Waals surface area contributed by atoms with E-state index in [0.717, 1.165) is 38.5 Å². The minimum atomic E-state index is -4.37. The molecule has 0 spiro atoms. The van der Waals surface area contributed by atoms with Gasteiger partial charge in [0, 0.05) is 12.8 Å². The molecular weight excluding hydrogens is 822 g/mol. The highest BCUT2D eigenvalue weighted by atomic mass is 31.2. The molecule has 0 fully saturated rings. The number of quaternary nitrogens is 1. The molecule has 0 aromatic carbocycles. The molecule has 2 unspecified atom stereocenters. The van der Waals surface area contributed by atoms with Crippen molar-refractivity contribution in [3.05, 3.63) is 0 Å². The van der Waals surface area contributed by atoms with E-state index in [1.807, 2.05) is 21.1 Å². The van der Waals surface area contributed by atoms with Crippen LogP contribution in [0.4, 0.5) is 0 Å². The predicted octanol–water partition coefficient (Wildman–Crippen LogP) is 16.7. The topological polar surface area (TPSA) is 108 Å². The minimum absolute atomic E-state index is 0.0373. The lowest BCUT2D eigenvalue weighted by Gasteiger charge is -2.24. The summed E-state index contributed by atoms with van der Waals surface area (Å²) in [6, 6.07) is 0. The van der Waals surface area contributed by atoms with E-state index in [1.165, 1.54) is 218 Å². The molecule has 0 radical (unpaired) electrons. The van der Waals surface area contributed by atoms with Gasteiger partial charge in [0.2, 0.25) is 0 Å². The van der Waals surface area contributed by atoms with Crippen molar-refractivity contribution in [1.82, 2.24) is 0 Å². The lowest BCUT2D eigenvalue weighted by molar-refractivity contribution is -0.870. The first kappa shape index (κ1) is 63.0. The van der Waals surface area contributed by atoms with Crippen molar-refractivity contribution < 1.29 is 42.1 Å². The number of rotatable bonds is 52. The SMILES string of the molecule is CCCCCCCCCCCCCCCCCCCCCCCCCCC(=O)OC(COC(=O)CCCCCCCCCCCCCCCCCC)COP(=O)(O)OCC[N+](C)(C)C. The van der Waals surface area contributed by atoms with E-state index in [0.29, 0.717) is 17.4 Å². The quantitative estimate of drug-likeness (QED) is 0.0278. The Bertz CT molecular complexity index is 1050. The molecule has 64 heavy (non-hydrogen) atoms. The zero-order chi connectivity index (χ0) is 47.1. The predicted molar refractivity (Wildman–Crippen MR) is 271 cm³/mol. The molecule has 0 bridgehead atoms. The number of esters is 2. The molecular formula is C54H109NO8P+. The Hall–Kier alpha value is -0.990. The Labute approximate surface area is 397 Å². The van der Waals surface area contributed by atoms with Crippen molar-refractivity contribution in [2.75, 3.05) is 47.5 Å². The van der Waals surface area contributed by atoms with E-state index < -0.39 is 26.5 Å². The standard InChI is InChI=1S/C54H108NO8P/c1-6-8-10-12-14-16-18-20-22-24-25-26-27-28-29-30-31-33-35-37-39-41-43-45-47-54(57)63-52(51-62-64(58,59)61-49-48-55(3,4)5)50-60-53(56)46-44-42-40-38-36-34-32-23-21-19-17-15-13-11-9-7-2/h52H,6-51H2,1-5H3/p+1. The molecule has 382 valence electrons. The van der Waals surface area contributed by atoms with Gasteiger partial charge >= 0.3 is 19.8 Å². The van der Waals surface area contributed by atoms with E-state index in [-0.39, 0.29) is 25.6 Å². The Morgan fingerprint density at radius 1 is 0.422 bits per heavy atom. The third-order valence-electron chi connectivity index (χ3n) is 12.6. The monoisotopic (exact) mass is 931 g/mol. The lowest BCUT2D eigenvalue weighted by Crippen LogP contribution is -2.37. The second-order valence-electron chi connectivity index (χ2n) is 20.3. The van der Waals surface area contributed by atoms with E-state index in [4.69, 9.17) is 18.5 Å². The van der Waals surface area contributed by atoms with Crippen LogP contribution in [-0.2, 0) is 32.7 Å². The molecule has 0 aliphatic heterocycles. The van der Waals surface area contributed by atoms with Gasteiger partial charge in [-0.3, -0.25) is 18.6 Å². The van der Waals surface area contributed by atoms with Crippen molar-refractivity contribution >= 4 is 19.8 Å². The van der Waals surface area contributed by atoms with Gasteiger partial charge in [0.1, 0.15) is 19.8 Å². The molecule has 0 saturated carbocycles. The van der Waals surface area contributed by atoms with Gasteiger partial charge in [0.05, 0.1) is 27.7 Å². The average molecular weight is 931 g/mol. The summed E-state index contributed by atoms with van der Waals surface area (Å²) < 4.78 is 34.5.